The summed E-state index contributed by atoms with van der Waals surface area (Å²) in [6, 6.07) is 11.0. The van der Waals surface area contributed by atoms with Crippen molar-refractivity contribution in [2.24, 2.45) is 4.99 Å². The summed E-state index contributed by atoms with van der Waals surface area (Å²) in [5, 5.41) is 13.4. The van der Waals surface area contributed by atoms with Gasteiger partial charge in [0.2, 0.25) is 11.8 Å². The first-order chi connectivity index (χ1) is 15.4. The third-order valence-corrected chi connectivity index (χ3v) is 5.86. The Morgan fingerprint density at radius 3 is 2.66 bits per heavy atom. The summed E-state index contributed by atoms with van der Waals surface area (Å²) >= 11 is 1.17. The Morgan fingerprint density at radius 1 is 1.25 bits per heavy atom. The van der Waals surface area contributed by atoms with E-state index in [2.05, 4.69) is 10.3 Å². The third kappa shape index (κ3) is 4.99. The quantitative estimate of drug-likeness (QED) is 0.473. The van der Waals surface area contributed by atoms with E-state index in [9.17, 15) is 19.7 Å². The molecular weight excluding hydrogens is 436 g/mol. The van der Waals surface area contributed by atoms with E-state index in [1.165, 1.54) is 42.0 Å². The first-order valence-corrected chi connectivity index (χ1v) is 10.6. The second kappa shape index (κ2) is 10.1. The fourth-order valence-electron chi connectivity index (χ4n) is 3.10. The zero-order chi connectivity index (χ0) is 23.3. The molecule has 32 heavy (non-hydrogen) atoms. The lowest BCUT2D eigenvalue weighted by atomic mass is 10.2. The SMILES string of the molecule is CCN1C(=O)C(CC(=O)Nc2ccccc2[N+](=O)[O-])SC1=Nc1ccc(OC)cc1OC. The van der Waals surface area contributed by atoms with Gasteiger partial charge in [-0.25, -0.2) is 4.99 Å². The number of nitrogens with zero attached hydrogens (tertiary/aromatic N) is 3. The van der Waals surface area contributed by atoms with Crippen LogP contribution in [0.4, 0.5) is 17.1 Å². The molecule has 1 heterocycles. The van der Waals surface area contributed by atoms with E-state index in [4.69, 9.17) is 9.47 Å². The van der Waals surface area contributed by atoms with Crippen LogP contribution in [0.5, 0.6) is 11.5 Å². The van der Waals surface area contributed by atoms with E-state index in [0.29, 0.717) is 28.9 Å². The van der Waals surface area contributed by atoms with Gasteiger partial charge in [0.25, 0.3) is 5.69 Å². The van der Waals surface area contributed by atoms with Crippen molar-refractivity contribution in [2.45, 2.75) is 18.6 Å². The molecule has 0 spiro atoms. The van der Waals surface area contributed by atoms with Crippen LogP contribution in [0.3, 0.4) is 0 Å². The van der Waals surface area contributed by atoms with Gasteiger partial charge in [-0.15, -0.1) is 0 Å². The van der Waals surface area contributed by atoms with Gasteiger partial charge < -0.3 is 14.8 Å². The largest absolute Gasteiger partial charge is 0.497 e. The Kier molecular flexibility index (Phi) is 7.31. The van der Waals surface area contributed by atoms with Crippen molar-refractivity contribution in [3.8, 4) is 11.5 Å². The van der Waals surface area contributed by atoms with Crippen LogP contribution in [0.15, 0.2) is 47.5 Å². The molecule has 1 aliphatic heterocycles. The first-order valence-electron chi connectivity index (χ1n) is 9.70. The van der Waals surface area contributed by atoms with Crippen LogP contribution in [-0.4, -0.2) is 52.8 Å². The minimum atomic E-state index is -0.694. The van der Waals surface area contributed by atoms with Crippen LogP contribution in [0.25, 0.3) is 0 Å². The van der Waals surface area contributed by atoms with Crippen LogP contribution in [0.1, 0.15) is 13.3 Å². The van der Waals surface area contributed by atoms with Crippen molar-refractivity contribution in [1.82, 2.24) is 4.90 Å². The minimum Gasteiger partial charge on any atom is -0.497 e. The van der Waals surface area contributed by atoms with Gasteiger partial charge in [0, 0.05) is 25.1 Å². The summed E-state index contributed by atoms with van der Waals surface area (Å²) in [6.07, 6.45) is -0.148. The van der Waals surface area contributed by atoms with Crippen LogP contribution < -0.4 is 14.8 Å². The normalized spacial score (nSPS) is 16.8. The number of anilines is 1. The lowest BCUT2D eigenvalue weighted by molar-refractivity contribution is -0.383. The molecule has 10 nitrogen and oxygen atoms in total. The smallest absolute Gasteiger partial charge is 0.292 e. The van der Waals surface area contributed by atoms with Crippen LogP contribution in [0, 0.1) is 10.1 Å². The van der Waals surface area contributed by atoms with E-state index in [1.807, 2.05) is 6.92 Å². The molecule has 0 aliphatic carbocycles. The lowest BCUT2D eigenvalue weighted by Crippen LogP contribution is -2.33. The van der Waals surface area contributed by atoms with Crippen LogP contribution in [0.2, 0.25) is 0 Å². The number of amides is 2. The molecule has 0 aromatic heterocycles. The lowest BCUT2D eigenvalue weighted by Gasteiger charge is -2.14. The van der Waals surface area contributed by atoms with Gasteiger partial charge in [-0.1, -0.05) is 23.9 Å². The maximum atomic E-state index is 12.8. The number of benzene rings is 2. The highest BCUT2D eigenvalue weighted by atomic mass is 32.2. The first kappa shape index (κ1) is 23.1. The van der Waals surface area contributed by atoms with Gasteiger partial charge in [-0.2, -0.15) is 0 Å². The number of carbonyl (C=O) groups is 2. The van der Waals surface area contributed by atoms with Crippen LogP contribution >= 0.6 is 11.8 Å². The highest BCUT2D eigenvalue weighted by Gasteiger charge is 2.38. The minimum absolute atomic E-state index is 0.0853. The van der Waals surface area contributed by atoms with Gasteiger partial charge in [0.15, 0.2) is 5.17 Å². The highest BCUT2D eigenvalue weighted by molar-refractivity contribution is 8.15. The molecule has 2 amide bonds. The number of hydrogen-bond donors (Lipinski definition) is 1. The molecule has 0 radical (unpaired) electrons. The van der Waals surface area contributed by atoms with Gasteiger partial charge in [0.05, 0.1) is 19.1 Å². The van der Waals surface area contributed by atoms with Gasteiger partial charge >= 0.3 is 0 Å². The zero-order valence-electron chi connectivity index (χ0n) is 17.7. The highest BCUT2D eigenvalue weighted by Crippen LogP contribution is 2.36. The molecule has 2 aromatic carbocycles. The second-order valence-corrected chi connectivity index (χ2v) is 7.82. The Balaban J connectivity index is 1.78. The third-order valence-electron chi connectivity index (χ3n) is 4.68. The summed E-state index contributed by atoms with van der Waals surface area (Å²) in [6.45, 7) is 2.19. The summed E-state index contributed by atoms with van der Waals surface area (Å²) < 4.78 is 10.6. The molecular formula is C21H22N4O6S. The number of hydrogen-bond acceptors (Lipinski definition) is 8. The second-order valence-electron chi connectivity index (χ2n) is 6.65. The van der Waals surface area contributed by atoms with Crippen molar-refractivity contribution >= 4 is 45.8 Å². The van der Waals surface area contributed by atoms with Crippen LogP contribution in [-0.2, 0) is 9.59 Å². The number of thioether (sulfide) groups is 1. The topological polar surface area (TPSA) is 123 Å². The number of nitrogens with one attached hydrogen (secondary N) is 1. The van der Waals surface area contributed by atoms with Gasteiger partial charge in [-0.05, 0) is 25.1 Å². The predicted octanol–water partition coefficient (Wildman–Crippen LogP) is 3.59. The Bertz CT molecular complexity index is 1070. The van der Waals surface area contributed by atoms with Gasteiger partial charge in [-0.3, -0.25) is 24.6 Å². The molecule has 1 saturated heterocycles. The average Bonchev–Trinajstić information content (AvgIpc) is 3.07. The molecule has 1 unspecified atom stereocenters. The number of methoxy groups -OCH3 is 2. The fraction of sp³-hybridized carbons (Fsp3) is 0.286. The van der Waals surface area contributed by atoms with Crippen molar-refractivity contribution < 1.29 is 24.0 Å². The van der Waals surface area contributed by atoms with E-state index in [1.54, 1.807) is 31.4 Å². The van der Waals surface area contributed by atoms with Crippen molar-refractivity contribution in [1.29, 1.82) is 0 Å². The van der Waals surface area contributed by atoms with Crippen molar-refractivity contribution in [3.63, 3.8) is 0 Å². The monoisotopic (exact) mass is 458 g/mol. The van der Waals surface area contributed by atoms with Gasteiger partial charge in [0.1, 0.15) is 28.1 Å². The molecule has 2 aromatic rings. The number of nitro groups is 1. The molecule has 168 valence electrons. The summed E-state index contributed by atoms with van der Waals surface area (Å²) in [7, 11) is 3.06. The molecule has 1 fully saturated rings. The molecule has 0 saturated carbocycles. The summed E-state index contributed by atoms with van der Waals surface area (Å²) in [5.74, 6) is 0.349. The maximum absolute atomic E-state index is 12.8. The number of aliphatic imine (C=N–C) groups is 1. The van der Waals surface area contributed by atoms with E-state index in [-0.39, 0.29) is 23.7 Å². The average molecular weight is 458 g/mol. The zero-order valence-corrected chi connectivity index (χ0v) is 18.5. The number of rotatable bonds is 8. The standard InChI is InChI=1S/C21H22N4O6S/c1-4-24-20(27)18(12-19(26)22-14-7-5-6-8-16(14)25(28)29)32-21(24)23-15-10-9-13(30-2)11-17(15)31-3/h5-11,18H,4,12H2,1-3H3,(H,22,26). The predicted molar refractivity (Wildman–Crippen MR) is 122 cm³/mol. The Hall–Kier alpha value is -3.60. The number of nitro benzene ring substituents is 1. The molecule has 11 heteroatoms. The molecule has 0 bridgehead atoms. The molecule has 3 rings (SSSR count). The number of amidine groups is 1. The Labute approximate surface area is 188 Å². The molecule has 1 atom stereocenters. The molecule has 1 aliphatic rings. The van der Waals surface area contributed by atoms with E-state index in [0.717, 1.165) is 0 Å². The molecule has 1 N–H and O–H groups in total. The van der Waals surface area contributed by atoms with Crippen molar-refractivity contribution in [3.05, 3.63) is 52.6 Å². The summed E-state index contributed by atoms with van der Waals surface area (Å²) in [4.78, 5) is 42.0. The fourth-order valence-corrected chi connectivity index (χ4v) is 4.32. The van der Waals surface area contributed by atoms with E-state index >= 15 is 0 Å². The summed E-state index contributed by atoms with van der Waals surface area (Å²) in [5.41, 5.74) is 0.393. The number of ether oxygens (including phenoxy) is 2. The van der Waals surface area contributed by atoms with Crippen molar-refractivity contribution in [2.75, 3.05) is 26.1 Å². The van der Waals surface area contributed by atoms with E-state index < -0.39 is 16.1 Å². The number of carbonyl (C=O) groups excluding carboxylic acids is 2. The Morgan fingerprint density at radius 2 is 2.00 bits per heavy atom. The number of para-hydroxylation sites is 2. The maximum Gasteiger partial charge on any atom is 0.292 e.